The van der Waals surface area contributed by atoms with Crippen LogP contribution in [0.3, 0.4) is 0 Å². The van der Waals surface area contributed by atoms with Gasteiger partial charge in [0, 0.05) is 6.04 Å². The summed E-state index contributed by atoms with van der Waals surface area (Å²) in [5, 5.41) is 3.59. The van der Waals surface area contributed by atoms with Crippen LogP contribution < -0.4 is 14.8 Å². The topological polar surface area (TPSA) is 30.5 Å². The van der Waals surface area contributed by atoms with Crippen LogP contribution in [0, 0.1) is 0 Å². The molecular weight excluding hydrogens is 262 g/mol. The SMILES string of the molecule is CCNC1CCCCCC1Oc1ccc(CC)cc1OC. The summed E-state index contributed by atoms with van der Waals surface area (Å²) in [6.07, 6.45) is 7.44. The number of nitrogens with one attached hydrogen (secondary N) is 1. The van der Waals surface area contributed by atoms with Crippen molar-refractivity contribution in [1.29, 1.82) is 0 Å². The van der Waals surface area contributed by atoms with Crippen LogP contribution in [0.2, 0.25) is 0 Å². The molecule has 1 aliphatic carbocycles. The maximum Gasteiger partial charge on any atom is 0.161 e. The molecule has 1 aliphatic rings. The van der Waals surface area contributed by atoms with Gasteiger partial charge in [-0.1, -0.05) is 32.8 Å². The number of likely N-dealkylation sites (N-methyl/N-ethyl adjacent to an activating group) is 1. The maximum absolute atomic E-state index is 6.33. The van der Waals surface area contributed by atoms with E-state index in [-0.39, 0.29) is 6.10 Å². The molecule has 2 unspecified atom stereocenters. The van der Waals surface area contributed by atoms with Gasteiger partial charge in [-0.05, 0) is 49.9 Å². The van der Waals surface area contributed by atoms with Gasteiger partial charge in [0.25, 0.3) is 0 Å². The molecule has 118 valence electrons. The molecular formula is C18H29NO2. The Morgan fingerprint density at radius 3 is 2.62 bits per heavy atom. The van der Waals surface area contributed by atoms with Crippen LogP contribution in [0.25, 0.3) is 0 Å². The highest BCUT2D eigenvalue weighted by molar-refractivity contribution is 5.43. The summed E-state index contributed by atoms with van der Waals surface area (Å²) in [6.45, 7) is 5.32. The Morgan fingerprint density at radius 2 is 1.90 bits per heavy atom. The molecule has 1 saturated carbocycles. The fourth-order valence-electron chi connectivity index (χ4n) is 3.10. The van der Waals surface area contributed by atoms with Crippen molar-refractivity contribution in [2.45, 2.75) is 64.5 Å². The summed E-state index contributed by atoms with van der Waals surface area (Å²) < 4.78 is 11.8. The molecule has 0 bridgehead atoms. The second-order valence-corrected chi connectivity index (χ2v) is 5.80. The number of methoxy groups -OCH3 is 1. The van der Waals surface area contributed by atoms with Gasteiger partial charge in [0.05, 0.1) is 7.11 Å². The Hall–Kier alpha value is -1.22. The third-order valence-electron chi connectivity index (χ3n) is 4.33. The smallest absolute Gasteiger partial charge is 0.161 e. The van der Waals surface area contributed by atoms with Crippen molar-refractivity contribution in [3.05, 3.63) is 23.8 Å². The van der Waals surface area contributed by atoms with Crippen molar-refractivity contribution in [1.82, 2.24) is 5.32 Å². The van der Waals surface area contributed by atoms with E-state index in [1.54, 1.807) is 7.11 Å². The first-order chi connectivity index (χ1) is 10.3. The molecule has 0 radical (unpaired) electrons. The second kappa shape index (κ2) is 8.28. The van der Waals surface area contributed by atoms with E-state index in [4.69, 9.17) is 9.47 Å². The Labute approximate surface area is 129 Å². The van der Waals surface area contributed by atoms with Gasteiger partial charge in [-0.2, -0.15) is 0 Å². The van der Waals surface area contributed by atoms with Crippen molar-refractivity contribution >= 4 is 0 Å². The van der Waals surface area contributed by atoms with Gasteiger partial charge in [-0.25, -0.2) is 0 Å². The van der Waals surface area contributed by atoms with E-state index < -0.39 is 0 Å². The van der Waals surface area contributed by atoms with E-state index in [1.807, 2.05) is 0 Å². The standard InChI is InChI=1S/C18H29NO2/c1-4-14-11-12-17(18(13-14)20-3)21-16-10-8-6-7-9-15(16)19-5-2/h11-13,15-16,19H,4-10H2,1-3H3. The highest BCUT2D eigenvalue weighted by atomic mass is 16.5. The molecule has 0 saturated heterocycles. The van der Waals surface area contributed by atoms with Gasteiger partial charge in [0.1, 0.15) is 6.10 Å². The molecule has 1 aromatic carbocycles. The molecule has 21 heavy (non-hydrogen) atoms. The third kappa shape index (κ3) is 4.37. The van der Waals surface area contributed by atoms with Crippen molar-refractivity contribution in [2.24, 2.45) is 0 Å². The Kier molecular flexibility index (Phi) is 6.37. The second-order valence-electron chi connectivity index (χ2n) is 5.80. The fourth-order valence-corrected chi connectivity index (χ4v) is 3.10. The normalized spacial score (nSPS) is 22.6. The average molecular weight is 291 g/mol. The Morgan fingerprint density at radius 1 is 1.10 bits per heavy atom. The Balaban J connectivity index is 2.13. The average Bonchev–Trinajstić information content (AvgIpc) is 2.74. The predicted molar refractivity (Wildman–Crippen MR) is 87.3 cm³/mol. The first-order valence-electron chi connectivity index (χ1n) is 8.35. The highest BCUT2D eigenvalue weighted by Crippen LogP contribution is 2.31. The van der Waals surface area contributed by atoms with Crippen LogP contribution in [-0.2, 0) is 6.42 Å². The van der Waals surface area contributed by atoms with Crippen molar-refractivity contribution < 1.29 is 9.47 Å². The van der Waals surface area contributed by atoms with E-state index in [0.717, 1.165) is 30.9 Å². The lowest BCUT2D eigenvalue weighted by Crippen LogP contribution is -2.42. The molecule has 0 aliphatic heterocycles. The van der Waals surface area contributed by atoms with Gasteiger partial charge < -0.3 is 14.8 Å². The van der Waals surface area contributed by atoms with Crippen molar-refractivity contribution in [3.63, 3.8) is 0 Å². The molecule has 1 fully saturated rings. The molecule has 3 nitrogen and oxygen atoms in total. The van der Waals surface area contributed by atoms with Gasteiger partial charge >= 0.3 is 0 Å². The molecule has 0 aromatic heterocycles. The minimum atomic E-state index is 0.244. The summed E-state index contributed by atoms with van der Waals surface area (Å²) in [6, 6.07) is 6.74. The van der Waals surface area contributed by atoms with Crippen LogP contribution >= 0.6 is 0 Å². The highest BCUT2D eigenvalue weighted by Gasteiger charge is 2.25. The first-order valence-corrected chi connectivity index (χ1v) is 8.35. The maximum atomic E-state index is 6.33. The number of hydrogen-bond donors (Lipinski definition) is 1. The van der Waals surface area contributed by atoms with Crippen LogP contribution in [0.15, 0.2) is 18.2 Å². The summed E-state index contributed by atoms with van der Waals surface area (Å²) in [5.74, 6) is 1.73. The fraction of sp³-hybridized carbons (Fsp3) is 0.667. The number of aryl methyl sites for hydroxylation is 1. The zero-order valence-corrected chi connectivity index (χ0v) is 13.7. The minimum Gasteiger partial charge on any atom is -0.493 e. The van der Waals surface area contributed by atoms with E-state index in [9.17, 15) is 0 Å². The van der Waals surface area contributed by atoms with Crippen LogP contribution in [0.1, 0.15) is 51.5 Å². The molecule has 3 heteroatoms. The molecule has 2 rings (SSSR count). The molecule has 2 atom stereocenters. The number of benzene rings is 1. The van der Waals surface area contributed by atoms with Crippen LogP contribution in [0.5, 0.6) is 11.5 Å². The quantitative estimate of drug-likeness (QED) is 0.805. The zero-order chi connectivity index (χ0) is 15.1. The summed E-state index contributed by atoms with van der Waals surface area (Å²) in [5.41, 5.74) is 1.28. The number of ether oxygens (including phenoxy) is 2. The number of hydrogen-bond acceptors (Lipinski definition) is 3. The van der Waals surface area contributed by atoms with E-state index in [2.05, 4.69) is 37.4 Å². The van der Waals surface area contributed by atoms with Crippen LogP contribution in [-0.4, -0.2) is 25.8 Å². The van der Waals surface area contributed by atoms with E-state index in [1.165, 1.54) is 31.2 Å². The lowest BCUT2D eigenvalue weighted by Gasteiger charge is -2.27. The first kappa shape index (κ1) is 16.2. The summed E-state index contributed by atoms with van der Waals surface area (Å²) in [4.78, 5) is 0. The minimum absolute atomic E-state index is 0.244. The van der Waals surface area contributed by atoms with E-state index in [0.29, 0.717) is 6.04 Å². The van der Waals surface area contributed by atoms with Crippen molar-refractivity contribution in [2.75, 3.05) is 13.7 Å². The third-order valence-corrected chi connectivity index (χ3v) is 4.33. The largest absolute Gasteiger partial charge is 0.493 e. The van der Waals surface area contributed by atoms with Gasteiger partial charge in [0.15, 0.2) is 11.5 Å². The molecule has 1 aromatic rings. The number of rotatable bonds is 6. The van der Waals surface area contributed by atoms with Crippen molar-refractivity contribution in [3.8, 4) is 11.5 Å². The zero-order valence-electron chi connectivity index (χ0n) is 13.7. The molecule has 0 amide bonds. The van der Waals surface area contributed by atoms with E-state index >= 15 is 0 Å². The summed E-state index contributed by atoms with van der Waals surface area (Å²) in [7, 11) is 1.72. The molecule has 0 spiro atoms. The summed E-state index contributed by atoms with van der Waals surface area (Å²) >= 11 is 0. The van der Waals surface area contributed by atoms with Crippen LogP contribution in [0.4, 0.5) is 0 Å². The monoisotopic (exact) mass is 291 g/mol. The molecule has 0 heterocycles. The predicted octanol–water partition coefficient (Wildman–Crippen LogP) is 3.95. The van der Waals surface area contributed by atoms with Gasteiger partial charge in [0.2, 0.25) is 0 Å². The van der Waals surface area contributed by atoms with Gasteiger partial charge in [-0.3, -0.25) is 0 Å². The lowest BCUT2D eigenvalue weighted by molar-refractivity contribution is 0.140. The molecule has 1 N–H and O–H groups in total. The van der Waals surface area contributed by atoms with Gasteiger partial charge in [-0.15, -0.1) is 0 Å². The Bertz CT molecular complexity index is 433. The lowest BCUT2D eigenvalue weighted by atomic mass is 10.1.